The molecule has 1 heterocycles. The van der Waals surface area contributed by atoms with Crippen LogP contribution in [-0.4, -0.2) is 12.6 Å². The number of hydrogen-bond donors (Lipinski definition) is 1. The lowest BCUT2D eigenvalue weighted by Crippen LogP contribution is -2.29. The van der Waals surface area contributed by atoms with Gasteiger partial charge in [-0.15, -0.1) is 0 Å². The second-order valence-electron chi connectivity index (χ2n) is 3.81. The smallest absolute Gasteiger partial charge is 0.123 e. The number of furan rings is 1. The van der Waals surface area contributed by atoms with Gasteiger partial charge in [0.2, 0.25) is 0 Å². The molecule has 0 radical (unpaired) electrons. The van der Waals surface area contributed by atoms with Gasteiger partial charge in [0.15, 0.2) is 0 Å². The normalized spacial score (nSPS) is 12.4. The van der Waals surface area contributed by atoms with Crippen LogP contribution < -0.4 is 10.5 Å². The average Bonchev–Trinajstić information content (AvgIpc) is 2.81. The van der Waals surface area contributed by atoms with Crippen LogP contribution in [0.1, 0.15) is 5.76 Å². The van der Waals surface area contributed by atoms with Crippen molar-refractivity contribution in [3.8, 4) is 5.75 Å². The molecule has 2 N–H and O–H groups in total. The van der Waals surface area contributed by atoms with E-state index >= 15 is 0 Å². The third kappa shape index (κ3) is 3.60. The second kappa shape index (κ2) is 5.50. The van der Waals surface area contributed by atoms with Gasteiger partial charge >= 0.3 is 0 Å². The first-order valence-electron chi connectivity index (χ1n) is 5.40. The Labute approximate surface area is 99.0 Å². The van der Waals surface area contributed by atoms with Crippen molar-refractivity contribution in [1.29, 1.82) is 0 Å². The lowest BCUT2D eigenvalue weighted by Gasteiger charge is -2.11. The molecular formula is C13H14FNO2. The highest BCUT2D eigenvalue weighted by Gasteiger charge is 2.07. The lowest BCUT2D eigenvalue weighted by molar-refractivity contribution is 0.281. The quantitative estimate of drug-likeness (QED) is 0.865. The van der Waals surface area contributed by atoms with Crippen LogP contribution in [0, 0.1) is 5.82 Å². The van der Waals surface area contributed by atoms with E-state index in [0.717, 1.165) is 5.76 Å². The Morgan fingerprint density at radius 1 is 1.24 bits per heavy atom. The van der Waals surface area contributed by atoms with Crippen LogP contribution in [0.4, 0.5) is 4.39 Å². The van der Waals surface area contributed by atoms with Gasteiger partial charge in [-0.3, -0.25) is 0 Å². The Morgan fingerprint density at radius 3 is 2.65 bits per heavy atom. The maximum absolute atomic E-state index is 12.6. The molecule has 0 bridgehead atoms. The molecule has 0 spiro atoms. The highest BCUT2D eigenvalue weighted by Crippen LogP contribution is 2.11. The van der Waals surface area contributed by atoms with Gasteiger partial charge < -0.3 is 14.9 Å². The highest BCUT2D eigenvalue weighted by atomic mass is 19.1. The first-order chi connectivity index (χ1) is 8.24. The summed E-state index contributed by atoms with van der Waals surface area (Å²) in [5.41, 5.74) is 5.88. The Morgan fingerprint density at radius 2 is 2.00 bits per heavy atom. The SMILES string of the molecule is NC(COc1ccc(F)cc1)Cc1ccco1. The molecule has 1 atom stereocenters. The summed E-state index contributed by atoms with van der Waals surface area (Å²) in [6.45, 7) is 0.367. The van der Waals surface area contributed by atoms with Crippen LogP contribution in [-0.2, 0) is 6.42 Å². The number of halogens is 1. The minimum absolute atomic E-state index is 0.147. The van der Waals surface area contributed by atoms with Gasteiger partial charge in [-0.1, -0.05) is 0 Å². The van der Waals surface area contributed by atoms with E-state index in [1.807, 2.05) is 12.1 Å². The van der Waals surface area contributed by atoms with E-state index < -0.39 is 0 Å². The summed E-state index contributed by atoms with van der Waals surface area (Å²) in [4.78, 5) is 0. The van der Waals surface area contributed by atoms with Crippen LogP contribution in [0.25, 0.3) is 0 Å². The minimum atomic E-state index is -0.280. The van der Waals surface area contributed by atoms with Crippen LogP contribution in [0.15, 0.2) is 47.1 Å². The molecule has 1 aromatic carbocycles. The van der Waals surface area contributed by atoms with E-state index in [9.17, 15) is 4.39 Å². The molecule has 1 unspecified atom stereocenters. The summed E-state index contributed by atoms with van der Waals surface area (Å²) in [5.74, 6) is 1.17. The monoisotopic (exact) mass is 235 g/mol. The van der Waals surface area contributed by atoms with Crippen molar-refractivity contribution in [1.82, 2.24) is 0 Å². The van der Waals surface area contributed by atoms with Crippen molar-refractivity contribution in [2.24, 2.45) is 5.73 Å². The van der Waals surface area contributed by atoms with Crippen molar-refractivity contribution in [2.45, 2.75) is 12.5 Å². The molecule has 0 aliphatic carbocycles. The number of hydrogen-bond acceptors (Lipinski definition) is 3. The van der Waals surface area contributed by atoms with Crippen LogP contribution in [0.5, 0.6) is 5.75 Å². The Bertz CT molecular complexity index is 439. The predicted molar refractivity (Wildman–Crippen MR) is 62.3 cm³/mol. The van der Waals surface area contributed by atoms with Crippen LogP contribution in [0.3, 0.4) is 0 Å². The van der Waals surface area contributed by atoms with Crippen molar-refractivity contribution in [2.75, 3.05) is 6.61 Å². The summed E-state index contributed by atoms with van der Waals surface area (Å²) < 4.78 is 23.3. The fraction of sp³-hybridized carbons (Fsp3) is 0.231. The Hall–Kier alpha value is -1.81. The molecule has 0 fully saturated rings. The van der Waals surface area contributed by atoms with Gasteiger partial charge in [-0.05, 0) is 36.4 Å². The van der Waals surface area contributed by atoms with E-state index in [-0.39, 0.29) is 11.9 Å². The standard InChI is InChI=1S/C13H14FNO2/c14-10-3-5-12(6-4-10)17-9-11(15)8-13-2-1-7-16-13/h1-7,11H,8-9,15H2. The van der Waals surface area contributed by atoms with E-state index in [1.54, 1.807) is 18.4 Å². The zero-order valence-corrected chi connectivity index (χ0v) is 9.30. The molecule has 90 valence electrons. The zero-order chi connectivity index (χ0) is 12.1. The van der Waals surface area contributed by atoms with Gasteiger partial charge in [-0.25, -0.2) is 4.39 Å². The topological polar surface area (TPSA) is 48.4 Å². The molecule has 0 saturated heterocycles. The number of benzene rings is 1. The van der Waals surface area contributed by atoms with Gasteiger partial charge in [-0.2, -0.15) is 0 Å². The van der Waals surface area contributed by atoms with Crippen LogP contribution in [0.2, 0.25) is 0 Å². The summed E-state index contributed by atoms with van der Waals surface area (Å²) in [6.07, 6.45) is 2.23. The van der Waals surface area contributed by atoms with E-state index in [4.69, 9.17) is 14.9 Å². The lowest BCUT2D eigenvalue weighted by atomic mass is 10.2. The summed E-state index contributed by atoms with van der Waals surface area (Å²) in [6, 6.07) is 9.41. The molecule has 0 aliphatic heterocycles. The van der Waals surface area contributed by atoms with Gasteiger partial charge in [0.25, 0.3) is 0 Å². The van der Waals surface area contributed by atoms with E-state index in [0.29, 0.717) is 18.8 Å². The predicted octanol–water partition coefficient (Wildman–Crippen LogP) is 2.37. The molecular weight excluding hydrogens is 221 g/mol. The maximum atomic E-state index is 12.6. The zero-order valence-electron chi connectivity index (χ0n) is 9.30. The van der Waals surface area contributed by atoms with Crippen molar-refractivity contribution < 1.29 is 13.5 Å². The fourth-order valence-electron chi connectivity index (χ4n) is 1.48. The molecule has 2 aromatic rings. The first-order valence-corrected chi connectivity index (χ1v) is 5.40. The van der Waals surface area contributed by atoms with Crippen LogP contribution >= 0.6 is 0 Å². The Balaban J connectivity index is 1.79. The number of rotatable bonds is 5. The number of ether oxygens (including phenoxy) is 1. The molecule has 0 amide bonds. The average molecular weight is 235 g/mol. The molecule has 0 saturated carbocycles. The largest absolute Gasteiger partial charge is 0.492 e. The van der Waals surface area contributed by atoms with E-state index in [1.165, 1.54) is 12.1 Å². The summed E-state index contributed by atoms with van der Waals surface area (Å²) in [5, 5.41) is 0. The third-order valence-corrected chi connectivity index (χ3v) is 2.32. The van der Waals surface area contributed by atoms with Crippen molar-refractivity contribution in [3.63, 3.8) is 0 Å². The molecule has 3 nitrogen and oxygen atoms in total. The molecule has 17 heavy (non-hydrogen) atoms. The Kier molecular flexibility index (Phi) is 3.77. The highest BCUT2D eigenvalue weighted by molar-refractivity contribution is 5.22. The fourth-order valence-corrected chi connectivity index (χ4v) is 1.48. The first kappa shape index (κ1) is 11.7. The van der Waals surface area contributed by atoms with Crippen molar-refractivity contribution in [3.05, 3.63) is 54.2 Å². The molecule has 0 aliphatic rings. The molecule has 4 heteroatoms. The van der Waals surface area contributed by atoms with E-state index in [2.05, 4.69) is 0 Å². The third-order valence-electron chi connectivity index (χ3n) is 2.32. The summed E-state index contributed by atoms with van der Waals surface area (Å²) >= 11 is 0. The van der Waals surface area contributed by atoms with Gasteiger partial charge in [0.05, 0.1) is 6.26 Å². The van der Waals surface area contributed by atoms with Crippen molar-refractivity contribution >= 4 is 0 Å². The second-order valence-corrected chi connectivity index (χ2v) is 3.81. The maximum Gasteiger partial charge on any atom is 0.123 e. The number of nitrogens with two attached hydrogens (primary N) is 1. The van der Waals surface area contributed by atoms with Gasteiger partial charge in [0.1, 0.15) is 23.9 Å². The molecule has 2 rings (SSSR count). The van der Waals surface area contributed by atoms with Gasteiger partial charge in [0, 0.05) is 12.5 Å². The summed E-state index contributed by atoms with van der Waals surface area (Å²) in [7, 11) is 0. The molecule has 1 aromatic heterocycles. The minimum Gasteiger partial charge on any atom is -0.492 e.